The first kappa shape index (κ1) is 14.8. The average molecular weight is 273 g/mol. The Bertz CT molecular complexity index is 502. The molecule has 20 heavy (non-hydrogen) atoms. The van der Waals surface area contributed by atoms with E-state index < -0.39 is 0 Å². The van der Waals surface area contributed by atoms with Gasteiger partial charge in [0.15, 0.2) is 5.78 Å². The number of ketones is 1. The molecule has 0 bridgehead atoms. The van der Waals surface area contributed by atoms with E-state index >= 15 is 0 Å². The summed E-state index contributed by atoms with van der Waals surface area (Å²) in [5.74, 6) is 0.133. The normalized spacial score (nSPS) is 18.8. The summed E-state index contributed by atoms with van der Waals surface area (Å²) in [5, 5.41) is 0. The van der Waals surface area contributed by atoms with Gasteiger partial charge in [-0.15, -0.1) is 0 Å². The number of likely N-dealkylation sites (tertiary alicyclic amines) is 1. The fraction of sp³-hybridized carbons (Fsp3) is 0.529. The van der Waals surface area contributed by atoms with Crippen molar-refractivity contribution in [1.29, 1.82) is 0 Å². The van der Waals surface area contributed by atoms with Crippen LogP contribution in [-0.2, 0) is 4.79 Å². The molecule has 3 heteroatoms. The smallest absolute Gasteiger partial charge is 0.222 e. The van der Waals surface area contributed by atoms with Crippen LogP contribution in [-0.4, -0.2) is 29.7 Å². The first-order valence-corrected chi connectivity index (χ1v) is 7.25. The Morgan fingerprint density at radius 1 is 1.20 bits per heavy atom. The monoisotopic (exact) mass is 273 g/mol. The van der Waals surface area contributed by atoms with Gasteiger partial charge in [-0.25, -0.2) is 0 Å². The third kappa shape index (κ3) is 3.69. The Morgan fingerprint density at radius 3 is 2.50 bits per heavy atom. The quantitative estimate of drug-likeness (QED) is 0.793. The lowest BCUT2D eigenvalue weighted by atomic mass is 9.85. The second kappa shape index (κ2) is 5.78. The predicted octanol–water partition coefficient (Wildman–Crippen LogP) is 3.22. The highest BCUT2D eigenvalue weighted by molar-refractivity contribution is 5.99. The van der Waals surface area contributed by atoms with E-state index in [-0.39, 0.29) is 23.7 Å². The van der Waals surface area contributed by atoms with Crippen molar-refractivity contribution in [2.24, 2.45) is 5.41 Å². The summed E-state index contributed by atoms with van der Waals surface area (Å²) in [5.41, 5.74) is 2.01. The lowest BCUT2D eigenvalue weighted by molar-refractivity contribution is -0.130. The van der Waals surface area contributed by atoms with E-state index in [2.05, 4.69) is 13.8 Å². The van der Waals surface area contributed by atoms with E-state index in [1.807, 2.05) is 31.2 Å². The molecule has 0 aliphatic carbocycles. The van der Waals surface area contributed by atoms with Gasteiger partial charge >= 0.3 is 0 Å². The molecule has 0 N–H and O–H groups in total. The zero-order valence-electron chi connectivity index (χ0n) is 12.6. The molecule has 1 aromatic rings. The number of carbonyl (C=O) groups excluding carboxylic acids is 2. The van der Waals surface area contributed by atoms with Crippen LogP contribution in [0, 0.1) is 12.3 Å². The Hall–Kier alpha value is -1.64. The van der Waals surface area contributed by atoms with Crippen molar-refractivity contribution < 1.29 is 9.59 Å². The molecule has 3 nitrogen and oxygen atoms in total. The number of rotatable bonds is 3. The van der Waals surface area contributed by atoms with Crippen LogP contribution in [0.2, 0.25) is 0 Å². The van der Waals surface area contributed by atoms with Crippen molar-refractivity contribution in [1.82, 2.24) is 4.90 Å². The van der Waals surface area contributed by atoms with Gasteiger partial charge in [-0.05, 0) is 25.2 Å². The van der Waals surface area contributed by atoms with Gasteiger partial charge in [-0.2, -0.15) is 0 Å². The maximum Gasteiger partial charge on any atom is 0.222 e. The molecule has 0 atom stereocenters. The maximum atomic E-state index is 12.2. The highest BCUT2D eigenvalue weighted by atomic mass is 16.2. The fourth-order valence-corrected chi connectivity index (χ4v) is 2.46. The highest BCUT2D eigenvalue weighted by Gasteiger charge is 2.28. The van der Waals surface area contributed by atoms with Crippen LogP contribution in [0.15, 0.2) is 24.3 Å². The maximum absolute atomic E-state index is 12.2. The number of Topliss-reactive ketones (excluding diaryl/α,β-unsaturated/α-hetero) is 1. The molecule has 1 saturated heterocycles. The zero-order chi connectivity index (χ0) is 14.8. The summed E-state index contributed by atoms with van der Waals surface area (Å²) in [6.07, 6.45) is 2.41. The van der Waals surface area contributed by atoms with Crippen molar-refractivity contribution >= 4 is 11.7 Å². The zero-order valence-corrected chi connectivity index (χ0v) is 12.6. The van der Waals surface area contributed by atoms with E-state index in [4.69, 9.17) is 0 Å². The number of hydrogen-bond acceptors (Lipinski definition) is 2. The second-order valence-corrected chi connectivity index (χ2v) is 6.52. The number of carbonyl (C=O) groups is 2. The molecular formula is C17H23NO2. The molecule has 1 amide bonds. The lowest BCUT2D eigenvalue weighted by Crippen LogP contribution is -2.35. The molecular weight excluding hydrogens is 250 g/mol. The van der Waals surface area contributed by atoms with E-state index in [1.165, 1.54) is 0 Å². The fourth-order valence-electron chi connectivity index (χ4n) is 2.46. The summed E-state index contributed by atoms with van der Waals surface area (Å²) in [4.78, 5) is 26.1. The van der Waals surface area contributed by atoms with Crippen LogP contribution in [0.1, 0.15) is 49.0 Å². The minimum atomic E-state index is 0.0260. The molecule has 1 aromatic carbocycles. The van der Waals surface area contributed by atoms with E-state index in [1.54, 1.807) is 4.90 Å². The number of aryl methyl sites for hydroxylation is 1. The van der Waals surface area contributed by atoms with Gasteiger partial charge in [0.1, 0.15) is 0 Å². The van der Waals surface area contributed by atoms with Crippen LogP contribution in [0.4, 0.5) is 0 Å². The molecule has 0 aromatic heterocycles. The second-order valence-electron chi connectivity index (χ2n) is 6.52. The standard InChI is InChI=1S/C17H23NO2/c1-13-4-6-14(7-5-13)15(19)12-18-11-10-17(2,3)9-8-16(18)20/h4-7H,8-12H2,1-3H3. The molecule has 1 aliphatic heterocycles. The first-order valence-electron chi connectivity index (χ1n) is 7.25. The summed E-state index contributed by atoms with van der Waals surface area (Å²) >= 11 is 0. The van der Waals surface area contributed by atoms with Crippen LogP contribution in [0.5, 0.6) is 0 Å². The molecule has 108 valence electrons. The Morgan fingerprint density at radius 2 is 1.85 bits per heavy atom. The van der Waals surface area contributed by atoms with Crippen molar-refractivity contribution in [2.75, 3.05) is 13.1 Å². The van der Waals surface area contributed by atoms with E-state index in [9.17, 15) is 9.59 Å². The van der Waals surface area contributed by atoms with Gasteiger partial charge in [-0.3, -0.25) is 9.59 Å². The van der Waals surface area contributed by atoms with Crippen molar-refractivity contribution in [3.63, 3.8) is 0 Å². The summed E-state index contributed by atoms with van der Waals surface area (Å²) in [6.45, 7) is 7.26. The number of amides is 1. The SMILES string of the molecule is Cc1ccc(C(=O)CN2CCC(C)(C)CCC2=O)cc1. The van der Waals surface area contributed by atoms with Gasteiger partial charge in [0.05, 0.1) is 6.54 Å². The van der Waals surface area contributed by atoms with Gasteiger partial charge in [0.2, 0.25) is 5.91 Å². The Kier molecular flexibility index (Phi) is 4.26. The van der Waals surface area contributed by atoms with Crippen molar-refractivity contribution in [2.45, 2.75) is 40.0 Å². The first-order chi connectivity index (χ1) is 9.37. The number of benzene rings is 1. The van der Waals surface area contributed by atoms with Crippen LogP contribution >= 0.6 is 0 Å². The summed E-state index contributed by atoms with van der Waals surface area (Å²) in [7, 11) is 0. The third-order valence-corrected chi connectivity index (χ3v) is 4.13. The minimum absolute atomic E-state index is 0.0260. The van der Waals surface area contributed by atoms with Gasteiger partial charge in [0, 0.05) is 18.5 Å². The van der Waals surface area contributed by atoms with Gasteiger partial charge < -0.3 is 4.90 Å². The van der Waals surface area contributed by atoms with Gasteiger partial charge in [-0.1, -0.05) is 43.7 Å². The van der Waals surface area contributed by atoms with Crippen LogP contribution in [0.3, 0.4) is 0 Å². The topological polar surface area (TPSA) is 37.4 Å². The van der Waals surface area contributed by atoms with Crippen molar-refractivity contribution in [3.05, 3.63) is 35.4 Å². The predicted molar refractivity (Wildman–Crippen MR) is 79.7 cm³/mol. The molecule has 1 fully saturated rings. The highest BCUT2D eigenvalue weighted by Crippen LogP contribution is 2.30. The van der Waals surface area contributed by atoms with Gasteiger partial charge in [0.25, 0.3) is 0 Å². The number of hydrogen-bond donors (Lipinski definition) is 0. The average Bonchev–Trinajstić information content (AvgIpc) is 2.52. The molecule has 0 radical (unpaired) electrons. The molecule has 1 aliphatic rings. The molecule has 0 saturated carbocycles. The molecule has 1 heterocycles. The largest absolute Gasteiger partial charge is 0.335 e. The van der Waals surface area contributed by atoms with Crippen LogP contribution in [0.25, 0.3) is 0 Å². The van der Waals surface area contributed by atoms with Crippen molar-refractivity contribution in [3.8, 4) is 0 Å². The van der Waals surface area contributed by atoms with E-state index in [0.29, 0.717) is 18.5 Å². The summed E-state index contributed by atoms with van der Waals surface area (Å²) < 4.78 is 0. The number of nitrogens with zero attached hydrogens (tertiary/aromatic N) is 1. The lowest BCUT2D eigenvalue weighted by Gasteiger charge is -2.23. The molecule has 2 rings (SSSR count). The Balaban J connectivity index is 2.03. The third-order valence-electron chi connectivity index (χ3n) is 4.13. The van der Waals surface area contributed by atoms with E-state index in [0.717, 1.165) is 18.4 Å². The van der Waals surface area contributed by atoms with Crippen LogP contribution < -0.4 is 0 Å². The molecule has 0 unspecified atom stereocenters. The summed E-state index contributed by atoms with van der Waals surface area (Å²) in [6, 6.07) is 7.54. The Labute approximate surface area is 121 Å². The molecule has 0 spiro atoms. The minimum Gasteiger partial charge on any atom is -0.335 e.